The molecule has 1 amide bonds. The molecule has 0 bridgehead atoms. The van der Waals surface area contributed by atoms with Crippen LogP contribution in [0.1, 0.15) is 10.4 Å². The van der Waals surface area contributed by atoms with Gasteiger partial charge in [0, 0.05) is 30.4 Å². The monoisotopic (exact) mass is 377 g/mol. The molecule has 1 aliphatic heterocycles. The van der Waals surface area contributed by atoms with Gasteiger partial charge in [0.25, 0.3) is 11.6 Å². The highest BCUT2D eigenvalue weighted by atomic mass is 16.6. The lowest BCUT2D eigenvalue weighted by molar-refractivity contribution is -0.384. The number of anilines is 2. The molecule has 1 N–H and O–H groups in total. The number of ether oxygens (including phenoxy) is 1. The van der Waals surface area contributed by atoms with E-state index in [1.54, 1.807) is 18.2 Å². The number of carbonyl (C=O) groups is 1. The summed E-state index contributed by atoms with van der Waals surface area (Å²) >= 11 is 0. The van der Waals surface area contributed by atoms with E-state index < -0.39 is 4.92 Å². The number of nitro groups is 1. The highest BCUT2D eigenvalue weighted by Gasteiger charge is 2.22. The summed E-state index contributed by atoms with van der Waals surface area (Å²) < 4.78 is 5.31. The Labute approximate surface area is 161 Å². The molecule has 1 fully saturated rings. The summed E-state index contributed by atoms with van der Waals surface area (Å²) in [4.78, 5) is 25.9. The van der Waals surface area contributed by atoms with Crippen LogP contribution in [-0.2, 0) is 4.74 Å². The van der Waals surface area contributed by atoms with Gasteiger partial charge in [0.1, 0.15) is 5.69 Å². The first-order valence-electron chi connectivity index (χ1n) is 9.04. The summed E-state index contributed by atoms with van der Waals surface area (Å²) in [7, 11) is 0. The lowest BCUT2D eigenvalue weighted by Crippen LogP contribution is -2.36. The Morgan fingerprint density at radius 2 is 1.79 bits per heavy atom. The van der Waals surface area contributed by atoms with Gasteiger partial charge in [-0.3, -0.25) is 14.9 Å². The van der Waals surface area contributed by atoms with Gasteiger partial charge in [0.05, 0.1) is 18.1 Å². The second-order valence-corrected chi connectivity index (χ2v) is 6.54. The summed E-state index contributed by atoms with van der Waals surface area (Å²) in [6, 6.07) is 17.9. The average molecular weight is 377 g/mol. The number of carbonyl (C=O) groups excluding carboxylic acids is 1. The Hall–Kier alpha value is -3.45. The molecule has 4 rings (SSSR count). The minimum atomic E-state index is -0.418. The SMILES string of the molecule is O=C(Nc1ccc(N2CCOCC2)c([N+](=O)[O-])c1)c1cccc2ccccc12. The molecule has 0 saturated carbocycles. The van der Waals surface area contributed by atoms with Crippen molar-refractivity contribution in [3.63, 3.8) is 0 Å². The van der Waals surface area contributed by atoms with Gasteiger partial charge in [-0.1, -0.05) is 36.4 Å². The molecule has 28 heavy (non-hydrogen) atoms. The van der Waals surface area contributed by atoms with Gasteiger partial charge >= 0.3 is 0 Å². The van der Waals surface area contributed by atoms with Crippen LogP contribution >= 0.6 is 0 Å². The van der Waals surface area contributed by atoms with Gasteiger partial charge in [0.15, 0.2) is 0 Å². The highest BCUT2D eigenvalue weighted by Crippen LogP contribution is 2.32. The molecule has 3 aromatic carbocycles. The smallest absolute Gasteiger partial charge is 0.294 e. The Kier molecular flexibility index (Phi) is 4.90. The number of hydrogen-bond donors (Lipinski definition) is 1. The first kappa shape index (κ1) is 17.9. The van der Waals surface area contributed by atoms with Gasteiger partial charge in [0.2, 0.25) is 0 Å². The molecule has 7 heteroatoms. The molecule has 0 spiro atoms. The van der Waals surface area contributed by atoms with Gasteiger partial charge < -0.3 is 15.0 Å². The molecule has 1 aliphatic rings. The van der Waals surface area contributed by atoms with Crippen LogP contribution in [-0.4, -0.2) is 37.1 Å². The molecule has 0 atom stereocenters. The van der Waals surface area contributed by atoms with Crippen molar-refractivity contribution >= 4 is 33.7 Å². The normalized spacial score (nSPS) is 14.1. The maximum atomic E-state index is 12.8. The van der Waals surface area contributed by atoms with Crippen LogP contribution in [0.25, 0.3) is 10.8 Å². The molecular formula is C21H19N3O4. The van der Waals surface area contributed by atoms with E-state index >= 15 is 0 Å². The van der Waals surface area contributed by atoms with Crippen molar-refractivity contribution in [3.05, 3.63) is 76.3 Å². The van der Waals surface area contributed by atoms with Crippen molar-refractivity contribution in [1.82, 2.24) is 0 Å². The molecule has 0 radical (unpaired) electrons. The average Bonchev–Trinajstić information content (AvgIpc) is 2.74. The minimum absolute atomic E-state index is 0.0300. The zero-order valence-electron chi connectivity index (χ0n) is 15.1. The number of hydrogen-bond acceptors (Lipinski definition) is 5. The van der Waals surface area contributed by atoms with E-state index in [4.69, 9.17) is 4.74 Å². The van der Waals surface area contributed by atoms with Crippen LogP contribution < -0.4 is 10.2 Å². The second-order valence-electron chi connectivity index (χ2n) is 6.54. The molecule has 1 saturated heterocycles. The number of nitrogens with zero attached hydrogens (tertiary/aromatic N) is 2. The molecule has 142 valence electrons. The fourth-order valence-electron chi connectivity index (χ4n) is 3.44. The van der Waals surface area contributed by atoms with Crippen molar-refractivity contribution < 1.29 is 14.5 Å². The van der Waals surface area contributed by atoms with Crippen LogP contribution in [0.15, 0.2) is 60.7 Å². The van der Waals surface area contributed by atoms with E-state index in [1.165, 1.54) is 6.07 Å². The lowest BCUT2D eigenvalue weighted by Gasteiger charge is -2.28. The zero-order valence-corrected chi connectivity index (χ0v) is 15.1. The number of morpholine rings is 1. The van der Waals surface area contributed by atoms with Crippen LogP contribution in [0.3, 0.4) is 0 Å². The number of nitro benzene ring substituents is 1. The predicted molar refractivity (Wildman–Crippen MR) is 108 cm³/mol. The fraction of sp³-hybridized carbons (Fsp3) is 0.190. The molecule has 0 aromatic heterocycles. The third kappa shape index (κ3) is 3.52. The van der Waals surface area contributed by atoms with Crippen molar-refractivity contribution in [2.45, 2.75) is 0 Å². The summed E-state index contributed by atoms with van der Waals surface area (Å²) in [6.07, 6.45) is 0. The Bertz CT molecular complexity index is 1040. The van der Waals surface area contributed by atoms with E-state index in [9.17, 15) is 14.9 Å². The number of nitrogens with one attached hydrogen (secondary N) is 1. The fourth-order valence-corrected chi connectivity index (χ4v) is 3.44. The number of amides is 1. The molecule has 0 unspecified atom stereocenters. The minimum Gasteiger partial charge on any atom is -0.378 e. The van der Waals surface area contributed by atoms with E-state index in [0.29, 0.717) is 43.2 Å². The number of rotatable bonds is 4. The van der Waals surface area contributed by atoms with E-state index in [-0.39, 0.29) is 11.6 Å². The van der Waals surface area contributed by atoms with Gasteiger partial charge in [-0.25, -0.2) is 0 Å². The largest absolute Gasteiger partial charge is 0.378 e. The van der Waals surface area contributed by atoms with E-state index in [1.807, 2.05) is 41.3 Å². The Balaban J connectivity index is 1.63. The van der Waals surface area contributed by atoms with Crippen molar-refractivity contribution in [2.24, 2.45) is 0 Å². The molecule has 1 heterocycles. The summed E-state index contributed by atoms with van der Waals surface area (Å²) in [5.74, 6) is -0.301. The maximum absolute atomic E-state index is 12.8. The van der Waals surface area contributed by atoms with Crippen LogP contribution in [0.4, 0.5) is 17.1 Å². The van der Waals surface area contributed by atoms with Gasteiger partial charge in [-0.2, -0.15) is 0 Å². The standard InChI is InChI=1S/C21H19N3O4/c25-21(18-7-3-5-15-4-1-2-6-17(15)18)22-16-8-9-19(20(14-16)24(26)27)23-10-12-28-13-11-23/h1-9,14H,10-13H2,(H,22,25). The first-order chi connectivity index (χ1) is 13.6. The van der Waals surface area contributed by atoms with Crippen molar-refractivity contribution in [3.8, 4) is 0 Å². The predicted octanol–water partition coefficient (Wildman–Crippen LogP) is 3.84. The third-order valence-corrected chi connectivity index (χ3v) is 4.82. The zero-order chi connectivity index (χ0) is 19.5. The number of benzene rings is 3. The topological polar surface area (TPSA) is 84.7 Å². The quantitative estimate of drug-likeness (QED) is 0.552. The van der Waals surface area contributed by atoms with Crippen LogP contribution in [0.2, 0.25) is 0 Å². The molecule has 7 nitrogen and oxygen atoms in total. The molecule has 3 aromatic rings. The van der Waals surface area contributed by atoms with Crippen LogP contribution in [0, 0.1) is 10.1 Å². The first-order valence-corrected chi connectivity index (χ1v) is 9.04. The highest BCUT2D eigenvalue weighted by molar-refractivity contribution is 6.13. The summed E-state index contributed by atoms with van der Waals surface area (Å²) in [5, 5.41) is 16.2. The van der Waals surface area contributed by atoms with E-state index in [2.05, 4.69) is 5.32 Å². The molecule has 0 aliphatic carbocycles. The Morgan fingerprint density at radius 3 is 2.57 bits per heavy atom. The van der Waals surface area contributed by atoms with Gasteiger partial charge in [-0.15, -0.1) is 0 Å². The third-order valence-electron chi connectivity index (χ3n) is 4.82. The summed E-state index contributed by atoms with van der Waals surface area (Å²) in [6.45, 7) is 2.28. The second kappa shape index (κ2) is 7.66. The van der Waals surface area contributed by atoms with Crippen molar-refractivity contribution in [1.29, 1.82) is 0 Å². The van der Waals surface area contributed by atoms with Crippen LogP contribution in [0.5, 0.6) is 0 Å². The number of fused-ring (bicyclic) bond motifs is 1. The Morgan fingerprint density at radius 1 is 1.04 bits per heavy atom. The molecular weight excluding hydrogens is 358 g/mol. The van der Waals surface area contributed by atoms with E-state index in [0.717, 1.165) is 10.8 Å². The maximum Gasteiger partial charge on any atom is 0.294 e. The lowest BCUT2D eigenvalue weighted by atomic mass is 10.0. The van der Waals surface area contributed by atoms with Crippen molar-refractivity contribution in [2.75, 3.05) is 36.5 Å². The van der Waals surface area contributed by atoms with Gasteiger partial charge in [-0.05, 0) is 29.0 Å². The summed E-state index contributed by atoms with van der Waals surface area (Å²) in [5.41, 5.74) is 1.42.